The fourth-order valence-electron chi connectivity index (χ4n) is 2.18. The highest BCUT2D eigenvalue weighted by Gasteiger charge is 2.13. The van der Waals surface area contributed by atoms with Gasteiger partial charge in [0.15, 0.2) is 0 Å². The number of benzene rings is 2. The van der Waals surface area contributed by atoms with E-state index in [1.165, 1.54) is 0 Å². The largest absolute Gasteiger partial charge is 0.360 e. The third-order valence-corrected chi connectivity index (χ3v) is 3.90. The Morgan fingerprint density at radius 1 is 1.20 bits per heavy atom. The number of H-pyrrole nitrogens is 1. The first-order valence-electron chi connectivity index (χ1n) is 6.29. The van der Waals surface area contributed by atoms with Crippen LogP contribution in [0.3, 0.4) is 0 Å². The molecule has 0 bridgehead atoms. The molecule has 2 aromatic carbocycles. The van der Waals surface area contributed by atoms with E-state index in [1.807, 2.05) is 49.4 Å². The van der Waals surface area contributed by atoms with E-state index in [0.29, 0.717) is 5.56 Å². The lowest BCUT2D eigenvalue weighted by molar-refractivity contribution is 0.102. The van der Waals surface area contributed by atoms with Crippen molar-refractivity contribution in [3.63, 3.8) is 0 Å². The first-order chi connectivity index (χ1) is 9.65. The molecule has 0 unspecified atom stereocenters. The molecular formula is C16H13BrN2O. The maximum Gasteiger partial charge on any atom is 0.257 e. The van der Waals surface area contributed by atoms with Crippen LogP contribution in [0, 0.1) is 6.92 Å². The minimum atomic E-state index is -0.117. The van der Waals surface area contributed by atoms with E-state index < -0.39 is 0 Å². The van der Waals surface area contributed by atoms with E-state index in [1.54, 1.807) is 6.20 Å². The van der Waals surface area contributed by atoms with Gasteiger partial charge in [0.1, 0.15) is 0 Å². The maximum absolute atomic E-state index is 12.4. The lowest BCUT2D eigenvalue weighted by Gasteiger charge is -2.07. The van der Waals surface area contributed by atoms with Gasteiger partial charge in [-0.3, -0.25) is 4.79 Å². The van der Waals surface area contributed by atoms with E-state index in [-0.39, 0.29) is 5.91 Å². The summed E-state index contributed by atoms with van der Waals surface area (Å²) in [6.07, 6.45) is 1.74. The number of amides is 1. The van der Waals surface area contributed by atoms with Gasteiger partial charge in [-0.05, 0) is 46.6 Å². The molecule has 1 heterocycles. The number of para-hydroxylation sites is 1. The molecule has 0 aliphatic rings. The van der Waals surface area contributed by atoms with Crippen LogP contribution in [0.5, 0.6) is 0 Å². The van der Waals surface area contributed by atoms with Crippen LogP contribution in [-0.4, -0.2) is 10.9 Å². The SMILES string of the molecule is Cc1ccc(Br)c(NC(=O)c2c[nH]c3ccccc23)c1. The number of halogens is 1. The molecule has 3 rings (SSSR count). The van der Waals surface area contributed by atoms with Crippen LogP contribution in [0.1, 0.15) is 15.9 Å². The predicted molar refractivity (Wildman–Crippen MR) is 85.1 cm³/mol. The number of fused-ring (bicyclic) bond motifs is 1. The van der Waals surface area contributed by atoms with Crippen molar-refractivity contribution in [1.29, 1.82) is 0 Å². The zero-order valence-corrected chi connectivity index (χ0v) is 12.5. The van der Waals surface area contributed by atoms with Gasteiger partial charge in [-0.1, -0.05) is 24.3 Å². The van der Waals surface area contributed by atoms with Gasteiger partial charge in [0.05, 0.1) is 11.3 Å². The molecule has 100 valence electrons. The number of hydrogen-bond acceptors (Lipinski definition) is 1. The average molecular weight is 329 g/mol. The molecule has 0 fully saturated rings. The Balaban J connectivity index is 1.95. The smallest absolute Gasteiger partial charge is 0.257 e. The number of hydrogen-bond donors (Lipinski definition) is 2. The van der Waals surface area contributed by atoms with Crippen LogP contribution in [-0.2, 0) is 0 Å². The first kappa shape index (κ1) is 12.9. The molecule has 20 heavy (non-hydrogen) atoms. The van der Waals surface area contributed by atoms with Crippen LogP contribution in [0.25, 0.3) is 10.9 Å². The second kappa shape index (κ2) is 5.13. The number of aromatic nitrogens is 1. The zero-order chi connectivity index (χ0) is 14.1. The molecule has 0 aliphatic heterocycles. The monoisotopic (exact) mass is 328 g/mol. The molecule has 1 amide bonds. The molecular weight excluding hydrogens is 316 g/mol. The number of carbonyl (C=O) groups excluding carboxylic acids is 1. The molecule has 2 N–H and O–H groups in total. The van der Waals surface area contributed by atoms with Gasteiger partial charge < -0.3 is 10.3 Å². The highest BCUT2D eigenvalue weighted by Crippen LogP contribution is 2.25. The van der Waals surface area contributed by atoms with Gasteiger partial charge in [-0.2, -0.15) is 0 Å². The van der Waals surface area contributed by atoms with Crippen molar-refractivity contribution in [2.45, 2.75) is 6.92 Å². The molecule has 3 aromatic rings. The van der Waals surface area contributed by atoms with E-state index in [4.69, 9.17) is 0 Å². The summed E-state index contributed by atoms with van der Waals surface area (Å²) in [5, 5.41) is 3.86. The minimum absolute atomic E-state index is 0.117. The van der Waals surface area contributed by atoms with Crippen molar-refractivity contribution in [3.8, 4) is 0 Å². The van der Waals surface area contributed by atoms with Gasteiger partial charge in [0.25, 0.3) is 5.91 Å². The van der Waals surface area contributed by atoms with Crippen LogP contribution < -0.4 is 5.32 Å². The Hall–Kier alpha value is -2.07. The summed E-state index contributed by atoms with van der Waals surface area (Å²) in [7, 11) is 0. The summed E-state index contributed by atoms with van der Waals surface area (Å²) in [5.74, 6) is -0.117. The van der Waals surface area contributed by atoms with Gasteiger partial charge in [0, 0.05) is 21.6 Å². The van der Waals surface area contributed by atoms with Crippen molar-refractivity contribution < 1.29 is 4.79 Å². The van der Waals surface area contributed by atoms with E-state index in [0.717, 1.165) is 26.6 Å². The quantitative estimate of drug-likeness (QED) is 0.715. The molecule has 0 radical (unpaired) electrons. The summed E-state index contributed by atoms with van der Waals surface area (Å²) < 4.78 is 0.872. The topological polar surface area (TPSA) is 44.9 Å². The van der Waals surface area contributed by atoms with Crippen LogP contribution in [0.15, 0.2) is 53.1 Å². The van der Waals surface area contributed by atoms with Crippen molar-refractivity contribution in [1.82, 2.24) is 4.98 Å². The zero-order valence-electron chi connectivity index (χ0n) is 10.9. The summed E-state index contributed by atoms with van der Waals surface area (Å²) >= 11 is 3.45. The van der Waals surface area contributed by atoms with E-state index >= 15 is 0 Å². The van der Waals surface area contributed by atoms with Gasteiger partial charge >= 0.3 is 0 Å². The van der Waals surface area contributed by atoms with Crippen LogP contribution >= 0.6 is 15.9 Å². The number of anilines is 1. The Kier molecular flexibility index (Phi) is 3.32. The third-order valence-electron chi connectivity index (χ3n) is 3.20. The van der Waals surface area contributed by atoms with Crippen molar-refractivity contribution in [3.05, 3.63) is 64.3 Å². The van der Waals surface area contributed by atoms with Crippen molar-refractivity contribution in [2.24, 2.45) is 0 Å². The Bertz CT molecular complexity index is 792. The molecule has 1 aromatic heterocycles. The third kappa shape index (κ3) is 2.34. The van der Waals surface area contributed by atoms with Gasteiger partial charge in [0.2, 0.25) is 0 Å². The fraction of sp³-hybridized carbons (Fsp3) is 0.0625. The highest BCUT2D eigenvalue weighted by atomic mass is 79.9. The minimum Gasteiger partial charge on any atom is -0.360 e. The van der Waals surface area contributed by atoms with Crippen LogP contribution in [0.4, 0.5) is 5.69 Å². The normalized spacial score (nSPS) is 10.7. The molecule has 0 aliphatic carbocycles. The summed E-state index contributed by atoms with van der Waals surface area (Å²) in [5.41, 5.74) is 3.48. The molecule has 3 nitrogen and oxygen atoms in total. The summed E-state index contributed by atoms with van der Waals surface area (Å²) in [6, 6.07) is 13.6. The molecule has 0 saturated carbocycles. The fourth-order valence-corrected chi connectivity index (χ4v) is 2.53. The highest BCUT2D eigenvalue weighted by molar-refractivity contribution is 9.10. The molecule has 4 heteroatoms. The standard InChI is InChI=1S/C16H13BrN2O/c1-10-6-7-13(17)15(8-10)19-16(20)12-9-18-14-5-3-2-4-11(12)14/h2-9,18H,1H3,(H,19,20). The second-order valence-corrected chi connectivity index (χ2v) is 5.54. The van der Waals surface area contributed by atoms with Gasteiger partial charge in [-0.15, -0.1) is 0 Å². The summed E-state index contributed by atoms with van der Waals surface area (Å²) in [6.45, 7) is 1.99. The van der Waals surface area contributed by atoms with E-state index in [2.05, 4.69) is 26.2 Å². The van der Waals surface area contributed by atoms with Crippen LogP contribution in [0.2, 0.25) is 0 Å². The predicted octanol–water partition coefficient (Wildman–Crippen LogP) is 4.49. The molecule has 0 atom stereocenters. The Morgan fingerprint density at radius 2 is 2.00 bits per heavy atom. The molecule has 0 spiro atoms. The number of aryl methyl sites for hydroxylation is 1. The summed E-state index contributed by atoms with van der Waals surface area (Å²) in [4.78, 5) is 15.5. The van der Waals surface area contributed by atoms with Crippen molar-refractivity contribution in [2.75, 3.05) is 5.32 Å². The number of aromatic amines is 1. The second-order valence-electron chi connectivity index (χ2n) is 4.69. The lowest BCUT2D eigenvalue weighted by atomic mass is 10.1. The Morgan fingerprint density at radius 3 is 2.85 bits per heavy atom. The number of rotatable bonds is 2. The number of nitrogens with one attached hydrogen (secondary N) is 2. The lowest BCUT2D eigenvalue weighted by Crippen LogP contribution is -2.11. The Labute approximate surface area is 125 Å². The van der Waals surface area contributed by atoms with E-state index in [9.17, 15) is 4.79 Å². The molecule has 0 saturated heterocycles. The average Bonchev–Trinajstić information content (AvgIpc) is 2.87. The van der Waals surface area contributed by atoms with Gasteiger partial charge in [-0.25, -0.2) is 0 Å². The number of carbonyl (C=O) groups is 1. The van der Waals surface area contributed by atoms with Crippen molar-refractivity contribution >= 4 is 38.4 Å². The maximum atomic E-state index is 12.4. The first-order valence-corrected chi connectivity index (χ1v) is 7.08.